The smallest absolute Gasteiger partial charge is 0.312 e. The van der Waals surface area contributed by atoms with Crippen molar-refractivity contribution in [3.8, 4) is 5.75 Å². The number of methoxy groups -OCH3 is 1. The minimum atomic E-state index is -1.56. The zero-order chi connectivity index (χ0) is 35.5. The van der Waals surface area contributed by atoms with Gasteiger partial charge in [-0.1, -0.05) is 84.9 Å². The zero-order valence-corrected chi connectivity index (χ0v) is 27.7. The van der Waals surface area contributed by atoms with Crippen LogP contribution in [0.5, 0.6) is 5.75 Å². The van der Waals surface area contributed by atoms with E-state index in [1.165, 1.54) is 0 Å². The molecule has 0 radical (unpaired) electrons. The van der Waals surface area contributed by atoms with E-state index in [-0.39, 0.29) is 18.4 Å². The van der Waals surface area contributed by atoms with E-state index < -0.39 is 23.4 Å². The summed E-state index contributed by atoms with van der Waals surface area (Å²) >= 11 is 0. The molecule has 5 aromatic rings. The lowest BCUT2D eigenvalue weighted by molar-refractivity contribution is -0.130. The van der Waals surface area contributed by atoms with E-state index in [4.69, 9.17) is 16.2 Å². The fraction of sp³-hybridized carbons (Fsp3) is 0.128. The lowest BCUT2D eigenvalue weighted by atomic mass is 9.86. The maximum atomic E-state index is 14.4. The molecule has 5 rings (SSSR count). The largest absolute Gasteiger partial charge is 0.497 e. The Morgan fingerprint density at radius 1 is 0.740 bits per heavy atom. The van der Waals surface area contributed by atoms with Crippen LogP contribution in [0.3, 0.4) is 0 Å². The molecule has 0 saturated carbocycles. The Morgan fingerprint density at radius 2 is 1.36 bits per heavy atom. The summed E-state index contributed by atoms with van der Waals surface area (Å²) in [5, 5.41) is 11.7. The van der Waals surface area contributed by atoms with E-state index in [2.05, 4.69) is 26.3 Å². The van der Waals surface area contributed by atoms with Crippen molar-refractivity contribution in [2.24, 2.45) is 16.5 Å². The third kappa shape index (κ3) is 8.84. The average molecular weight is 670 g/mol. The number of hydrogen-bond donors (Lipinski definition) is 6. The Kier molecular flexibility index (Phi) is 11.1. The Bertz CT molecular complexity index is 1910. The zero-order valence-electron chi connectivity index (χ0n) is 27.7. The molecule has 0 bridgehead atoms. The third-order valence-electron chi connectivity index (χ3n) is 8.07. The number of primary amides is 1. The molecule has 11 nitrogen and oxygen atoms in total. The fourth-order valence-corrected chi connectivity index (χ4v) is 5.40. The summed E-state index contributed by atoms with van der Waals surface area (Å²) in [6.07, 6.45) is 0. The Labute approximate surface area is 290 Å². The van der Waals surface area contributed by atoms with Gasteiger partial charge in [-0.25, -0.2) is 9.79 Å². The molecule has 0 spiro atoms. The molecule has 0 aliphatic heterocycles. The average Bonchev–Trinajstić information content (AvgIpc) is 3.12. The summed E-state index contributed by atoms with van der Waals surface area (Å²) < 4.78 is 5.21. The molecule has 1 unspecified atom stereocenters. The second kappa shape index (κ2) is 16.0. The van der Waals surface area contributed by atoms with Crippen LogP contribution in [0.2, 0.25) is 0 Å². The number of carbonyl (C=O) groups is 3. The quantitative estimate of drug-likeness (QED) is 0.0732. The summed E-state index contributed by atoms with van der Waals surface area (Å²) in [5.74, 6) is -0.727. The van der Waals surface area contributed by atoms with Gasteiger partial charge in [0.1, 0.15) is 11.3 Å². The molecular weight excluding hydrogens is 630 g/mol. The molecule has 1 atom stereocenters. The molecular formula is C39H39N7O4. The molecule has 254 valence electrons. The number of guanidine groups is 1. The van der Waals surface area contributed by atoms with Gasteiger partial charge in [0.2, 0.25) is 5.91 Å². The van der Waals surface area contributed by atoms with Crippen LogP contribution in [-0.2, 0) is 21.7 Å². The maximum Gasteiger partial charge on any atom is 0.312 e. The van der Waals surface area contributed by atoms with E-state index in [1.807, 2.05) is 60.7 Å². The fourth-order valence-electron chi connectivity index (χ4n) is 5.40. The van der Waals surface area contributed by atoms with Crippen LogP contribution in [0.1, 0.15) is 35.1 Å². The van der Waals surface area contributed by atoms with Gasteiger partial charge < -0.3 is 37.5 Å². The molecule has 0 aliphatic rings. The van der Waals surface area contributed by atoms with Crippen molar-refractivity contribution in [2.45, 2.75) is 24.9 Å². The van der Waals surface area contributed by atoms with Crippen LogP contribution in [0.25, 0.3) is 0 Å². The Balaban J connectivity index is 1.48. The summed E-state index contributed by atoms with van der Waals surface area (Å²) in [6.45, 7) is 1.90. The monoisotopic (exact) mass is 669 g/mol. The van der Waals surface area contributed by atoms with Crippen LogP contribution in [0.15, 0.2) is 138 Å². The molecule has 11 heteroatoms. The van der Waals surface area contributed by atoms with Crippen LogP contribution >= 0.6 is 0 Å². The number of rotatable bonds is 12. The number of nitrogens with one attached hydrogen (secondary N) is 4. The van der Waals surface area contributed by atoms with Gasteiger partial charge in [-0.2, -0.15) is 0 Å². The summed E-state index contributed by atoms with van der Waals surface area (Å²) in [4.78, 5) is 44.2. The topological polar surface area (TPSA) is 173 Å². The van der Waals surface area contributed by atoms with Crippen LogP contribution in [-0.4, -0.2) is 30.9 Å². The number of benzene rings is 5. The highest BCUT2D eigenvalue weighted by Crippen LogP contribution is 2.30. The first-order valence-electron chi connectivity index (χ1n) is 15.9. The molecule has 0 aromatic heterocycles. The number of hydrogen-bond acceptors (Lipinski definition) is 5. The molecule has 4 amide bonds. The lowest BCUT2D eigenvalue weighted by Crippen LogP contribution is -2.53. The van der Waals surface area contributed by atoms with Gasteiger partial charge in [-0.3, -0.25) is 9.59 Å². The van der Waals surface area contributed by atoms with Gasteiger partial charge in [0.25, 0.3) is 5.91 Å². The standard InChI is InChI=1S/C39H39N7O4/c1-39(36(48)43-30-18-16-26(17-19-30)25-42-38(41)49,46-35(47)34(27-10-5-3-6-11-27)28-12-7-4-8-13-28)29-14-9-15-32(24-29)45-37(40)44-31-20-22-33(50-2)23-21-31/h3-24,34H,25H2,1-2H3,(H,43,48)(H,46,47)(H3,40,44,45)(H3,41,42,49). The van der Waals surface area contributed by atoms with Crippen molar-refractivity contribution in [1.29, 1.82) is 0 Å². The lowest BCUT2D eigenvalue weighted by Gasteiger charge is -2.32. The molecule has 0 heterocycles. The minimum Gasteiger partial charge on any atom is -0.497 e. The Hall–Kier alpha value is -6.62. The summed E-state index contributed by atoms with van der Waals surface area (Å²) in [6, 6.07) is 39.3. The van der Waals surface area contributed by atoms with Gasteiger partial charge in [0, 0.05) is 17.9 Å². The van der Waals surface area contributed by atoms with Crippen molar-refractivity contribution in [1.82, 2.24) is 10.6 Å². The second-order valence-corrected chi connectivity index (χ2v) is 11.6. The molecule has 5 aromatic carbocycles. The van der Waals surface area contributed by atoms with E-state index in [9.17, 15) is 14.4 Å². The number of carbonyl (C=O) groups excluding carboxylic acids is 3. The number of anilines is 2. The highest BCUT2D eigenvalue weighted by Gasteiger charge is 2.39. The van der Waals surface area contributed by atoms with Gasteiger partial charge in [0.15, 0.2) is 5.96 Å². The Morgan fingerprint density at radius 3 is 1.94 bits per heavy atom. The SMILES string of the molecule is COc1ccc(N=C(N)Nc2cccc(C(C)(NC(=O)C(c3ccccc3)c3ccccc3)C(=O)Nc3ccc(CNC(N)=O)cc3)c2)cc1. The van der Waals surface area contributed by atoms with Gasteiger partial charge in [-0.05, 0) is 77.7 Å². The molecule has 0 fully saturated rings. The minimum absolute atomic E-state index is 0.127. The number of aliphatic imine (C=N–C) groups is 1. The predicted octanol–water partition coefficient (Wildman–Crippen LogP) is 5.72. The highest BCUT2D eigenvalue weighted by molar-refractivity contribution is 6.02. The van der Waals surface area contributed by atoms with Gasteiger partial charge >= 0.3 is 6.03 Å². The number of urea groups is 1. The third-order valence-corrected chi connectivity index (χ3v) is 8.07. The van der Waals surface area contributed by atoms with Gasteiger partial charge in [0.05, 0.1) is 18.7 Å². The van der Waals surface area contributed by atoms with Crippen molar-refractivity contribution in [2.75, 3.05) is 17.7 Å². The van der Waals surface area contributed by atoms with Crippen LogP contribution < -0.4 is 37.5 Å². The first kappa shape index (κ1) is 34.7. The van der Waals surface area contributed by atoms with Crippen molar-refractivity contribution < 1.29 is 19.1 Å². The number of nitrogens with zero attached hydrogens (tertiary/aromatic N) is 1. The normalized spacial score (nSPS) is 12.3. The van der Waals surface area contributed by atoms with Crippen molar-refractivity contribution in [3.63, 3.8) is 0 Å². The second-order valence-electron chi connectivity index (χ2n) is 11.6. The first-order chi connectivity index (χ1) is 24.1. The number of ether oxygens (including phenoxy) is 1. The van der Waals surface area contributed by atoms with Crippen LogP contribution in [0, 0.1) is 0 Å². The van der Waals surface area contributed by atoms with E-state index in [0.717, 1.165) is 16.7 Å². The number of nitrogens with two attached hydrogens (primary N) is 2. The summed E-state index contributed by atoms with van der Waals surface area (Å²) in [7, 11) is 1.59. The van der Waals surface area contributed by atoms with Gasteiger partial charge in [-0.15, -0.1) is 0 Å². The first-order valence-corrected chi connectivity index (χ1v) is 15.9. The number of amides is 4. The summed E-state index contributed by atoms with van der Waals surface area (Å²) in [5.41, 5.74) is 14.4. The molecule has 50 heavy (non-hydrogen) atoms. The van der Waals surface area contributed by atoms with E-state index in [1.54, 1.807) is 86.8 Å². The molecule has 8 N–H and O–H groups in total. The highest BCUT2D eigenvalue weighted by atomic mass is 16.5. The van der Waals surface area contributed by atoms with Crippen molar-refractivity contribution in [3.05, 3.63) is 156 Å². The van der Waals surface area contributed by atoms with Crippen molar-refractivity contribution >= 4 is 40.9 Å². The molecule has 0 saturated heterocycles. The van der Waals surface area contributed by atoms with E-state index >= 15 is 0 Å². The van der Waals surface area contributed by atoms with E-state index in [0.29, 0.717) is 28.4 Å². The maximum absolute atomic E-state index is 14.4. The molecule has 0 aliphatic carbocycles. The van der Waals surface area contributed by atoms with Crippen LogP contribution in [0.4, 0.5) is 21.9 Å². The predicted molar refractivity (Wildman–Crippen MR) is 196 cm³/mol.